The lowest BCUT2D eigenvalue weighted by Crippen LogP contribution is -2.13. The molecule has 26 heavy (non-hydrogen) atoms. The average molecular weight is 390 g/mol. The van der Waals surface area contributed by atoms with Gasteiger partial charge in [-0.05, 0) is 42.0 Å². The summed E-state index contributed by atoms with van der Waals surface area (Å²) in [5.41, 5.74) is 2.37. The van der Waals surface area contributed by atoms with Crippen molar-refractivity contribution in [3.05, 3.63) is 87.9 Å². The molecule has 0 unspecified atom stereocenters. The van der Waals surface area contributed by atoms with Crippen LogP contribution in [0.2, 0.25) is 10.0 Å². The van der Waals surface area contributed by atoms with E-state index in [0.29, 0.717) is 33.5 Å². The van der Waals surface area contributed by atoms with Crippen LogP contribution >= 0.6 is 23.2 Å². The molecule has 0 spiro atoms. The van der Waals surface area contributed by atoms with E-state index >= 15 is 0 Å². The minimum atomic E-state index is -0.355. The van der Waals surface area contributed by atoms with Crippen LogP contribution in [0.1, 0.15) is 15.9 Å². The van der Waals surface area contributed by atoms with Gasteiger partial charge in [-0.2, -0.15) is 0 Å². The second-order valence-electron chi connectivity index (χ2n) is 5.52. The van der Waals surface area contributed by atoms with Crippen molar-refractivity contribution in [2.24, 2.45) is 0 Å². The number of nitrogens with zero attached hydrogens (tertiary/aromatic N) is 1. The lowest BCUT2D eigenvalue weighted by atomic mass is 10.2. The molecule has 3 rings (SSSR count). The SMILES string of the molecule is O=C(Nc1cc(Cl)ccc1Cl)c1cncc(NCc2ccc(F)cc2)c1. The molecule has 0 atom stereocenters. The molecule has 1 aromatic heterocycles. The maximum Gasteiger partial charge on any atom is 0.257 e. The van der Waals surface area contributed by atoms with Gasteiger partial charge in [-0.3, -0.25) is 9.78 Å². The quantitative estimate of drug-likeness (QED) is 0.614. The number of hydrogen-bond donors (Lipinski definition) is 2. The maximum atomic E-state index is 12.9. The van der Waals surface area contributed by atoms with Crippen molar-refractivity contribution < 1.29 is 9.18 Å². The molecule has 132 valence electrons. The zero-order chi connectivity index (χ0) is 18.5. The Bertz CT molecular complexity index is 932. The van der Waals surface area contributed by atoms with E-state index < -0.39 is 0 Å². The molecule has 1 heterocycles. The first-order valence-corrected chi connectivity index (χ1v) is 8.46. The highest BCUT2D eigenvalue weighted by molar-refractivity contribution is 6.35. The summed E-state index contributed by atoms with van der Waals surface area (Å²) < 4.78 is 12.9. The van der Waals surface area contributed by atoms with Gasteiger partial charge >= 0.3 is 0 Å². The molecule has 0 radical (unpaired) electrons. The number of hydrogen-bond acceptors (Lipinski definition) is 3. The van der Waals surface area contributed by atoms with E-state index in [9.17, 15) is 9.18 Å². The second kappa shape index (κ2) is 8.17. The number of aromatic nitrogens is 1. The van der Waals surface area contributed by atoms with Gasteiger partial charge in [0.05, 0.1) is 22.0 Å². The minimum absolute atomic E-state index is 0.284. The van der Waals surface area contributed by atoms with Crippen LogP contribution < -0.4 is 10.6 Å². The highest BCUT2D eigenvalue weighted by atomic mass is 35.5. The monoisotopic (exact) mass is 389 g/mol. The van der Waals surface area contributed by atoms with Gasteiger partial charge in [0.1, 0.15) is 5.82 Å². The molecule has 2 N–H and O–H groups in total. The van der Waals surface area contributed by atoms with Gasteiger partial charge < -0.3 is 10.6 Å². The summed E-state index contributed by atoms with van der Waals surface area (Å²) in [4.78, 5) is 16.5. The number of anilines is 2. The summed E-state index contributed by atoms with van der Waals surface area (Å²) in [7, 11) is 0. The number of rotatable bonds is 5. The van der Waals surface area contributed by atoms with Crippen molar-refractivity contribution in [1.82, 2.24) is 4.98 Å². The van der Waals surface area contributed by atoms with Gasteiger partial charge in [0.25, 0.3) is 5.91 Å². The van der Waals surface area contributed by atoms with Crippen LogP contribution in [0.4, 0.5) is 15.8 Å². The summed E-state index contributed by atoms with van der Waals surface area (Å²) in [5, 5.41) is 6.72. The molecule has 7 heteroatoms. The van der Waals surface area contributed by atoms with E-state index in [4.69, 9.17) is 23.2 Å². The number of halogens is 3. The molecule has 0 fully saturated rings. The molecule has 2 aromatic carbocycles. The largest absolute Gasteiger partial charge is 0.380 e. The number of pyridine rings is 1. The second-order valence-corrected chi connectivity index (χ2v) is 6.36. The Morgan fingerprint density at radius 2 is 1.81 bits per heavy atom. The van der Waals surface area contributed by atoms with E-state index in [-0.39, 0.29) is 11.7 Å². The fourth-order valence-electron chi connectivity index (χ4n) is 2.25. The predicted octanol–water partition coefficient (Wildman–Crippen LogP) is 5.39. The van der Waals surface area contributed by atoms with Crippen molar-refractivity contribution >= 4 is 40.5 Å². The third-order valence-corrected chi connectivity index (χ3v) is 4.15. The number of benzene rings is 2. The molecule has 0 saturated carbocycles. The molecular weight excluding hydrogens is 376 g/mol. The summed E-state index contributed by atoms with van der Waals surface area (Å²) in [6.45, 7) is 0.479. The smallest absolute Gasteiger partial charge is 0.257 e. The van der Waals surface area contributed by atoms with Crippen LogP contribution in [0.5, 0.6) is 0 Å². The Morgan fingerprint density at radius 3 is 2.58 bits per heavy atom. The zero-order valence-corrected chi connectivity index (χ0v) is 15.0. The Labute approximate surface area is 160 Å². The van der Waals surface area contributed by atoms with E-state index in [2.05, 4.69) is 15.6 Å². The first-order chi connectivity index (χ1) is 12.5. The molecule has 0 saturated heterocycles. The van der Waals surface area contributed by atoms with E-state index in [1.54, 1.807) is 42.6 Å². The normalized spacial score (nSPS) is 10.4. The molecule has 1 amide bonds. The van der Waals surface area contributed by atoms with Gasteiger partial charge in [-0.1, -0.05) is 35.3 Å². The lowest BCUT2D eigenvalue weighted by Gasteiger charge is -2.10. The first-order valence-electron chi connectivity index (χ1n) is 7.71. The van der Waals surface area contributed by atoms with Crippen molar-refractivity contribution in [2.75, 3.05) is 10.6 Å². The lowest BCUT2D eigenvalue weighted by molar-refractivity contribution is 0.102. The van der Waals surface area contributed by atoms with Crippen molar-refractivity contribution in [1.29, 1.82) is 0 Å². The summed E-state index contributed by atoms with van der Waals surface area (Å²) in [6, 6.07) is 12.7. The summed E-state index contributed by atoms with van der Waals surface area (Å²) >= 11 is 12.0. The van der Waals surface area contributed by atoms with Gasteiger partial charge in [0.15, 0.2) is 0 Å². The van der Waals surface area contributed by atoms with Gasteiger partial charge in [0.2, 0.25) is 0 Å². The molecule has 0 aliphatic carbocycles. The van der Waals surface area contributed by atoms with Gasteiger partial charge in [-0.15, -0.1) is 0 Å². The molecule has 0 aliphatic rings. The summed E-state index contributed by atoms with van der Waals surface area (Å²) in [6.07, 6.45) is 3.06. The molecule has 4 nitrogen and oxygen atoms in total. The Hall–Kier alpha value is -2.63. The zero-order valence-electron chi connectivity index (χ0n) is 13.5. The van der Waals surface area contributed by atoms with Crippen molar-refractivity contribution in [3.8, 4) is 0 Å². The molecular formula is C19H14Cl2FN3O. The van der Waals surface area contributed by atoms with Gasteiger partial charge in [-0.25, -0.2) is 4.39 Å². The van der Waals surface area contributed by atoms with Gasteiger partial charge in [0, 0.05) is 24.0 Å². The Kier molecular flexibility index (Phi) is 5.71. The van der Waals surface area contributed by atoms with E-state index in [1.807, 2.05) is 0 Å². The van der Waals surface area contributed by atoms with Crippen LogP contribution in [0.25, 0.3) is 0 Å². The molecule has 3 aromatic rings. The van der Waals surface area contributed by atoms with Crippen LogP contribution in [0, 0.1) is 5.82 Å². The molecule has 0 aliphatic heterocycles. The Balaban J connectivity index is 1.69. The number of nitrogens with one attached hydrogen (secondary N) is 2. The first kappa shape index (κ1) is 18.2. The number of carbonyl (C=O) groups is 1. The summed E-state index contributed by atoms with van der Waals surface area (Å²) in [5.74, 6) is -0.638. The van der Waals surface area contributed by atoms with Crippen LogP contribution in [0.15, 0.2) is 60.9 Å². The van der Waals surface area contributed by atoms with E-state index in [0.717, 1.165) is 5.56 Å². The number of amides is 1. The molecule has 0 bridgehead atoms. The topological polar surface area (TPSA) is 54.0 Å². The third kappa shape index (κ3) is 4.71. The minimum Gasteiger partial charge on any atom is -0.380 e. The number of carbonyl (C=O) groups excluding carboxylic acids is 1. The standard InChI is InChI=1S/C19H14Cl2FN3O/c20-14-3-6-17(21)18(8-14)25-19(26)13-7-16(11-23-10-13)24-9-12-1-4-15(22)5-2-12/h1-8,10-11,24H,9H2,(H,25,26). The third-order valence-electron chi connectivity index (χ3n) is 3.59. The average Bonchev–Trinajstić information content (AvgIpc) is 2.64. The fraction of sp³-hybridized carbons (Fsp3) is 0.0526. The Morgan fingerprint density at radius 1 is 1.04 bits per heavy atom. The fourth-order valence-corrected chi connectivity index (χ4v) is 2.59. The van der Waals surface area contributed by atoms with Crippen molar-refractivity contribution in [2.45, 2.75) is 6.54 Å². The van der Waals surface area contributed by atoms with Crippen LogP contribution in [-0.4, -0.2) is 10.9 Å². The van der Waals surface area contributed by atoms with Crippen molar-refractivity contribution in [3.63, 3.8) is 0 Å². The highest BCUT2D eigenvalue weighted by Gasteiger charge is 2.10. The predicted molar refractivity (Wildman–Crippen MR) is 102 cm³/mol. The highest BCUT2D eigenvalue weighted by Crippen LogP contribution is 2.26. The van der Waals surface area contributed by atoms with Crippen LogP contribution in [0.3, 0.4) is 0 Å². The van der Waals surface area contributed by atoms with E-state index in [1.165, 1.54) is 18.3 Å². The van der Waals surface area contributed by atoms with Crippen LogP contribution in [-0.2, 0) is 6.54 Å². The maximum absolute atomic E-state index is 12.9.